The van der Waals surface area contributed by atoms with Crippen molar-refractivity contribution >= 4 is 22.7 Å². The summed E-state index contributed by atoms with van der Waals surface area (Å²) in [7, 11) is 0. The first-order valence-electron chi connectivity index (χ1n) is 3.27. The minimum Gasteiger partial charge on any atom is -0.443 e. The molecule has 0 radical (unpaired) electrons. The molecule has 0 unspecified atom stereocenters. The van der Waals surface area contributed by atoms with E-state index < -0.39 is 0 Å². The van der Waals surface area contributed by atoms with Crippen LogP contribution in [0.15, 0.2) is 22.9 Å². The molecule has 2 nitrogen and oxygen atoms in total. The van der Waals surface area contributed by atoms with Crippen molar-refractivity contribution in [1.29, 1.82) is 0 Å². The summed E-state index contributed by atoms with van der Waals surface area (Å²) in [6.07, 6.45) is 1.42. The molecule has 56 valence electrons. The zero-order valence-electron chi connectivity index (χ0n) is 5.97. The highest BCUT2D eigenvalue weighted by Crippen LogP contribution is 2.21. The van der Waals surface area contributed by atoms with E-state index in [0.29, 0.717) is 5.02 Å². The van der Waals surface area contributed by atoms with Crippen molar-refractivity contribution in [2.45, 2.75) is 6.92 Å². The molecule has 0 bridgehead atoms. The standard InChI is InChI=1S/C8H6ClNO/c1-5-2-6(9)3-7-8(5)11-4-10-7/h2-4H,1H3. The summed E-state index contributed by atoms with van der Waals surface area (Å²) in [5, 5.41) is 0.698. The molecule has 0 N–H and O–H groups in total. The largest absolute Gasteiger partial charge is 0.443 e. The van der Waals surface area contributed by atoms with Crippen molar-refractivity contribution in [2.75, 3.05) is 0 Å². The Morgan fingerprint density at radius 1 is 1.45 bits per heavy atom. The number of benzene rings is 1. The first-order chi connectivity index (χ1) is 5.27. The van der Waals surface area contributed by atoms with E-state index in [-0.39, 0.29) is 0 Å². The molecule has 11 heavy (non-hydrogen) atoms. The van der Waals surface area contributed by atoms with Gasteiger partial charge < -0.3 is 4.42 Å². The molecule has 2 rings (SSSR count). The summed E-state index contributed by atoms with van der Waals surface area (Å²) < 4.78 is 5.13. The number of aromatic nitrogens is 1. The van der Waals surface area contributed by atoms with Crippen molar-refractivity contribution in [3.8, 4) is 0 Å². The Balaban J connectivity index is 2.91. The van der Waals surface area contributed by atoms with E-state index in [9.17, 15) is 0 Å². The van der Waals surface area contributed by atoms with Crippen LogP contribution in [-0.4, -0.2) is 4.98 Å². The number of hydrogen-bond donors (Lipinski definition) is 0. The van der Waals surface area contributed by atoms with Crippen LogP contribution < -0.4 is 0 Å². The third-order valence-electron chi connectivity index (χ3n) is 1.58. The molecule has 0 fully saturated rings. The molecule has 3 heteroatoms. The van der Waals surface area contributed by atoms with Gasteiger partial charge in [-0.1, -0.05) is 11.6 Å². The van der Waals surface area contributed by atoms with Gasteiger partial charge in [-0.15, -0.1) is 0 Å². The fraction of sp³-hybridized carbons (Fsp3) is 0.125. The Bertz CT molecular complexity index is 394. The van der Waals surface area contributed by atoms with Gasteiger partial charge in [0, 0.05) is 5.02 Å². The average molecular weight is 168 g/mol. The lowest BCUT2D eigenvalue weighted by Crippen LogP contribution is -1.74. The van der Waals surface area contributed by atoms with Gasteiger partial charge in [-0.25, -0.2) is 4.98 Å². The topological polar surface area (TPSA) is 26.0 Å². The third-order valence-corrected chi connectivity index (χ3v) is 1.80. The van der Waals surface area contributed by atoms with Crippen LogP contribution in [0.2, 0.25) is 5.02 Å². The van der Waals surface area contributed by atoms with E-state index >= 15 is 0 Å². The molecule has 0 amide bonds. The summed E-state index contributed by atoms with van der Waals surface area (Å²) >= 11 is 5.80. The minimum atomic E-state index is 0.698. The second-order valence-corrected chi connectivity index (χ2v) is 2.86. The lowest BCUT2D eigenvalue weighted by molar-refractivity contribution is 0.600. The van der Waals surface area contributed by atoms with Crippen molar-refractivity contribution in [2.24, 2.45) is 0 Å². The number of aryl methyl sites for hydroxylation is 1. The highest BCUT2D eigenvalue weighted by Gasteiger charge is 2.02. The van der Waals surface area contributed by atoms with Gasteiger partial charge >= 0.3 is 0 Å². The fourth-order valence-corrected chi connectivity index (χ4v) is 1.36. The molecule has 2 aromatic rings. The molecule has 0 atom stereocenters. The summed E-state index contributed by atoms with van der Waals surface area (Å²) in [6.45, 7) is 1.94. The van der Waals surface area contributed by atoms with Gasteiger partial charge in [0.25, 0.3) is 0 Å². The van der Waals surface area contributed by atoms with Gasteiger partial charge in [0.15, 0.2) is 12.0 Å². The van der Waals surface area contributed by atoms with Crippen molar-refractivity contribution in [3.63, 3.8) is 0 Å². The number of rotatable bonds is 0. The minimum absolute atomic E-state index is 0.698. The van der Waals surface area contributed by atoms with Crippen LogP contribution in [0, 0.1) is 6.92 Å². The third kappa shape index (κ3) is 0.994. The van der Waals surface area contributed by atoms with Crippen molar-refractivity contribution < 1.29 is 4.42 Å². The van der Waals surface area contributed by atoms with Crippen molar-refractivity contribution in [3.05, 3.63) is 29.1 Å². The molecule has 1 aromatic carbocycles. The maximum absolute atomic E-state index is 5.80. The number of oxazole rings is 1. The van der Waals surface area contributed by atoms with Gasteiger partial charge in [0.05, 0.1) is 0 Å². The molecular weight excluding hydrogens is 162 g/mol. The molecule has 1 aromatic heterocycles. The first kappa shape index (κ1) is 6.68. The van der Waals surface area contributed by atoms with Gasteiger partial charge in [0.1, 0.15) is 5.52 Å². The summed E-state index contributed by atoms with van der Waals surface area (Å²) in [4.78, 5) is 3.99. The smallest absolute Gasteiger partial charge is 0.181 e. The van der Waals surface area contributed by atoms with Gasteiger partial charge in [-0.05, 0) is 24.6 Å². The molecule has 0 aliphatic rings. The number of nitrogens with zero attached hydrogens (tertiary/aromatic N) is 1. The van der Waals surface area contributed by atoms with Crippen LogP contribution in [-0.2, 0) is 0 Å². The SMILES string of the molecule is Cc1cc(Cl)cc2ncoc12. The molecular formula is C8H6ClNO. The zero-order valence-corrected chi connectivity index (χ0v) is 6.72. The molecule has 0 saturated heterocycles. The lowest BCUT2D eigenvalue weighted by atomic mass is 10.2. The Kier molecular flexibility index (Phi) is 1.36. The molecule has 0 spiro atoms. The van der Waals surface area contributed by atoms with Crippen LogP contribution in [0.5, 0.6) is 0 Å². The average Bonchev–Trinajstić information content (AvgIpc) is 2.34. The van der Waals surface area contributed by atoms with E-state index in [1.807, 2.05) is 13.0 Å². The van der Waals surface area contributed by atoms with Crippen molar-refractivity contribution in [1.82, 2.24) is 4.98 Å². The monoisotopic (exact) mass is 167 g/mol. The highest BCUT2D eigenvalue weighted by atomic mass is 35.5. The van der Waals surface area contributed by atoms with E-state index in [0.717, 1.165) is 16.7 Å². The van der Waals surface area contributed by atoms with Crippen LogP contribution in [0.25, 0.3) is 11.1 Å². The predicted molar refractivity (Wildman–Crippen MR) is 43.8 cm³/mol. The Morgan fingerprint density at radius 3 is 3.09 bits per heavy atom. The van der Waals surface area contributed by atoms with E-state index in [2.05, 4.69) is 4.98 Å². The molecule has 1 heterocycles. The Labute approximate surface area is 68.8 Å². The van der Waals surface area contributed by atoms with E-state index in [1.165, 1.54) is 6.39 Å². The van der Waals surface area contributed by atoms with Gasteiger partial charge in [0.2, 0.25) is 0 Å². The summed E-state index contributed by atoms with van der Waals surface area (Å²) in [5.41, 5.74) is 2.65. The second-order valence-electron chi connectivity index (χ2n) is 2.42. The molecule has 0 saturated carbocycles. The maximum Gasteiger partial charge on any atom is 0.181 e. The second kappa shape index (κ2) is 2.24. The number of fused-ring (bicyclic) bond motifs is 1. The first-order valence-corrected chi connectivity index (χ1v) is 3.64. The Morgan fingerprint density at radius 2 is 2.27 bits per heavy atom. The normalized spacial score (nSPS) is 10.7. The van der Waals surface area contributed by atoms with Gasteiger partial charge in [-0.2, -0.15) is 0 Å². The van der Waals surface area contributed by atoms with Crippen LogP contribution in [0.4, 0.5) is 0 Å². The highest BCUT2D eigenvalue weighted by molar-refractivity contribution is 6.31. The molecule has 0 aliphatic carbocycles. The fourth-order valence-electron chi connectivity index (χ4n) is 1.10. The zero-order chi connectivity index (χ0) is 7.84. The quantitative estimate of drug-likeness (QED) is 0.603. The van der Waals surface area contributed by atoms with Crippen LogP contribution >= 0.6 is 11.6 Å². The predicted octanol–water partition coefficient (Wildman–Crippen LogP) is 2.79. The summed E-state index contributed by atoms with van der Waals surface area (Å²) in [6, 6.07) is 3.64. The number of hydrogen-bond acceptors (Lipinski definition) is 2. The van der Waals surface area contributed by atoms with Crippen LogP contribution in [0.1, 0.15) is 5.56 Å². The maximum atomic E-state index is 5.80. The molecule has 0 aliphatic heterocycles. The summed E-state index contributed by atoms with van der Waals surface area (Å²) in [5.74, 6) is 0. The van der Waals surface area contributed by atoms with E-state index in [1.54, 1.807) is 6.07 Å². The number of halogens is 1. The van der Waals surface area contributed by atoms with E-state index in [4.69, 9.17) is 16.0 Å². The van der Waals surface area contributed by atoms with Crippen LogP contribution in [0.3, 0.4) is 0 Å². The Hall–Kier alpha value is -1.02. The lowest BCUT2D eigenvalue weighted by Gasteiger charge is -1.93. The van der Waals surface area contributed by atoms with Gasteiger partial charge in [-0.3, -0.25) is 0 Å².